The number of rotatable bonds is 6. The molecule has 3 rings (SSSR count). The number of carbonyl (C=O) groups excluding carboxylic acids is 3. The topological polar surface area (TPSA) is 135 Å². The van der Waals surface area contributed by atoms with Gasteiger partial charge in [-0.05, 0) is 23.8 Å². The Balaban J connectivity index is 2.33. The molecule has 0 saturated heterocycles. The minimum atomic E-state index is -0.952. The first kappa shape index (κ1) is 24.1. The molecule has 174 valence electrons. The van der Waals surface area contributed by atoms with Crippen LogP contribution in [0.3, 0.4) is 0 Å². The van der Waals surface area contributed by atoms with E-state index >= 15 is 0 Å². The summed E-state index contributed by atoms with van der Waals surface area (Å²) in [5.74, 6) is -2.87. The lowest BCUT2D eigenvalue weighted by Crippen LogP contribution is -2.40. The van der Waals surface area contributed by atoms with Crippen molar-refractivity contribution in [2.75, 3.05) is 24.4 Å². The predicted octanol–water partition coefficient (Wildman–Crippen LogP) is 2.93. The van der Waals surface area contributed by atoms with Gasteiger partial charge < -0.3 is 20.5 Å². The number of hydrogen-bond acceptors (Lipinski definition) is 8. The van der Waals surface area contributed by atoms with Crippen molar-refractivity contribution in [1.82, 2.24) is 0 Å². The molecule has 3 N–H and O–H groups in total. The molecule has 9 nitrogen and oxygen atoms in total. The average molecular weight is 460 g/mol. The fourth-order valence-electron chi connectivity index (χ4n) is 3.75. The number of allylic oxidation sites excluding steroid dienone is 1. The Labute approximate surface area is 197 Å². The first-order valence-corrected chi connectivity index (χ1v) is 10.4. The van der Waals surface area contributed by atoms with Crippen molar-refractivity contribution in [3.8, 4) is 6.07 Å². The van der Waals surface area contributed by atoms with Crippen LogP contribution in [-0.4, -0.2) is 32.1 Å². The number of esters is 2. The lowest BCUT2D eigenvalue weighted by molar-refractivity contribution is -0.139. The Kier molecular flexibility index (Phi) is 7.33. The van der Waals surface area contributed by atoms with Gasteiger partial charge >= 0.3 is 11.9 Å². The van der Waals surface area contributed by atoms with Gasteiger partial charge in [-0.25, -0.2) is 9.59 Å². The fraction of sp³-hybridized carbons (Fsp3) is 0.200. The van der Waals surface area contributed by atoms with Crippen LogP contribution < -0.4 is 16.0 Å². The SMILES string of the molecule is CCC(=O)Nc1cccc(N2C(N)=C(C#N)C(c3ccccc3)C(C(=O)OC)=C2C(=O)OC)c1. The molecule has 1 atom stereocenters. The van der Waals surface area contributed by atoms with Gasteiger partial charge in [0.2, 0.25) is 5.91 Å². The van der Waals surface area contributed by atoms with E-state index in [9.17, 15) is 19.6 Å². The molecule has 0 radical (unpaired) electrons. The summed E-state index contributed by atoms with van der Waals surface area (Å²) >= 11 is 0. The number of carbonyl (C=O) groups is 3. The molecule has 0 bridgehead atoms. The number of methoxy groups -OCH3 is 2. The number of nitriles is 1. The van der Waals surface area contributed by atoms with Crippen molar-refractivity contribution in [2.45, 2.75) is 19.3 Å². The maximum Gasteiger partial charge on any atom is 0.355 e. The smallest absolute Gasteiger partial charge is 0.355 e. The van der Waals surface area contributed by atoms with E-state index in [1.165, 1.54) is 19.1 Å². The summed E-state index contributed by atoms with van der Waals surface area (Å²) in [4.78, 5) is 39.2. The summed E-state index contributed by atoms with van der Waals surface area (Å²) < 4.78 is 10.0. The number of benzene rings is 2. The van der Waals surface area contributed by atoms with Gasteiger partial charge in [-0.15, -0.1) is 0 Å². The lowest BCUT2D eigenvalue weighted by atomic mass is 9.81. The van der Waals surface area contributed by atoms with Crippen molar-refractivity contribution >= 4 is 29.2 Å². The van der Waals surface area contributed by atoms with Gasteiger partial charge in [-0.2, -0.15) is 5.26 Å². The second kappa shape index (κ2) is 10.4. The average Bonchev–Trinajstić information content (AvgIpc) is 2.87. The van der Waals surface area contributed by atoms with Gasteiger partial charge in [0, 0.05) is 17.8 Å². The van der Waals surface area contributed by atoms with Crippen LogP contribution in [0.2, 0.25) is 0 Å². The van der Waals surface area contributed by atoms with Gasteiger partial charge in [0.15, 0.2) is 0 Å². The molecule has 0 aliphatic carbocycles. The van der Waals surface area contributed by atoms with Gasteiger partial charge in [0.25, 0.3) is 0 Å². The van der Waals surface area contributed by atoms with E-state index < -0.39 is 17.9 Å². The van der Waals surface area contributed by atoms with Gasteiger partial charge in [0.1, 0.15) is 11.5 Å². The van der Waals surface area contributed by atoms with Crippen LogP contribution in [0.4, 0.5) is 11.4 Å². The van der Waals surface area contributed by atoms with Crippen LogP contribution in [-0.2, 0) is 23.9 Å². The van der Waals surface area contributed by atoms with Crippen LogP contribution in [0.25, 0.3) is 0 Å². The highest BCUT2D eigenvalue weighted by Gasteiger charge is 2.43. The van der Waals surface area contributed by atoms with E-state index in [-0.39, 0.29) is 35.0 Å². The zero-order valence-electron chi connectivity index (χ0n) is 19.0. The third-order valence-electron chi connectivity index (χ3n) is 5.32. The Bertz CT molecular complexity index is 1230. The number of ether oxygens (including phenoxy) is 2. The summed E-state index contributed by atoms with van der Waals surface area (Å²) in [5.41, 5.74) is 7.61. The lowest BCUT2D eigenvalue weighted by Gasteiger charge is -2.36. The van der Waals surface area contributed by atoms with E-state index in [0.717, 1.165) is 0 Å². The molecule has 1 unspecified atom stereocenters. The van der Waals surface area contributed by atoms with Crippen molar-refractivity contribution in [1.29, 1.82) is 5.26 Å². The van der Waals surface area contributed by atoms with Crippen LogP contribution in [0.1, 0.15) is 24.8 Å². The molecule has 2 aromatic carbocycles. The number of nitrogens with one attached hydrogen (secondary N) is 1. The molecular weight excluding hydrogens is 436 g/mol. The molecule has 0 spiro atoms. The maximum atomic E-state index is 13.0. The van der Waals surface area contributed by atoms with Crippen LogP contribution in [0, 0.1) is 11.3 Å². The normalized spacial score (nSPS) is 15.5. The van der Waals surface area contributed by atoms with Gasteiger partial charge in [-0.1, -0.05) is 43.3 Å². The number of amides is 1. The molecule has 0 fully saturated rings. The summed E-state index contributed by atoms with van der Waals surface area (Å²) in [6.07, 6.45) is 0.271. The highest BCUT2D eigenvalue weighted by molar-refractivity contribution is 6.06. The quantitative estimate of drug-likeness (QED) is 0.628. The first-order valence-electron chi connectivity index (χ1n) is 10.4. The predicted molar refractivity (Wildman–Crippen MR) is 125 cm³/mol. The molecule has 9 heteroatoms. The number of hydrogen-bond donors (Lipinski definition) is 2. The highest BCUT2D eigenvalue weighted by Crippen LogP contribution is 2.43. The van der Waals surface area contributed by atoms with Crippen molar-refractivity contribution in [3.05, 3.63) is 82.8 Å². The second-order valence-electron chi connectivity index (χ2n) is 7.29. The third kappa shape index (κ3) is 4.47. The van der Waals surface area contributed by atoms with E-state index in [0.29, 0.717) is 16.9 Å². The molecule has 1 amide bonds. The molecule has 34 heavy (non-hydrogen) atoms. The zero-order chi connectivity index (χ0) is 24.8. The Morgan fingerprint density at radius 1 is 1.06 bits per heavy atom. The van der Waals surface area contributed by atoms with Gasteiger partial charge in [0.05, 0.1) is 37.4 Å². The van der Waals surface area contributed by atoms with E-state index in [1.54, 1.807) is 61.5 Å². The third-order valence-corrected chi connectivity index (χ3v) is 5.32. The summed E-state index contributed by atoms with van der Waals surface area (Å²) in [5, 5.41) is 12.8. The van der Waals surface area contributed by atoms with Crippen molar-refractivity contribution in [2.24, 2.45) is 5.73 Å². The van der Waals surface area contributed by atoms with E-state index in [1.807, 2.05) is 0 Å². The molecular formula is C25H24N4O5. The fourth-order valence-corrected chi connectivity index (χ4v) is 3.75. The van der Waals surface area contributed by atoms with Crippen LogP contribution in [0.5, 0.6) is 0 Å². The van der Waals surface area contributed by atoms with Crippen LogP contribution >= 0.6 is 0 Å². The molecule has 1 aliphatic rings. The number of nitrogens with zero attached hydrogens (tertiary/aromatic N) is 2. The van der Waals surface area contributed by atoms with Crippen molar-refractivity contribution < 1.29 is 23.9 Å². The Morgan fingerprint density at radius 3 is 2.32 bits per heavy atom. The number of nitrogens with two attached hydrogens (primary N) is 1. The first-order chi connectivity index (χ1) is 16.4. The molecule has 2 aromatic rings. The minimum absolute atomic E-state index is 0.0524. The van der Waals surface area contributed by atoms with Crippen molar-refractivity contribution in [3.63, 3.8) is 0 Å². The Hall–Kier alpha value is -4.58. The Morgan fingerprint density at radius 2 is 1.74 bits per heavy atom. The monoisotopic (exact) mass is 460 g/mol. The second-order valence-corrected chi connectivity index (χ2v) is 7.29. The highest BCUT2D eigenvalue weighted by atomic mass is 16.5. The van der Waals surface area contributed by atoms with Gasteiger partial charge in [-0.3, -0.25) is 9.69 Å². The molecule has 1 aliphatic heterocycles. The maximum absolute atomic E-state index is 13.0. The molecule has 0 saturated carbocycles. The van der Waals surface area contributed by atoms with E-state index in [2.05, 4.69) is 11.4 Å². The summed E-state index contributed by atoms with van der Waals surface area (Å²) in [7, 11) is 2.36. The number of anilines is 2. The summed E-state index contributed by atoms with van der Waals surface area (Å²) in [6.45, 7) is 1.72. The standard InChI is InChI=1S/C25H24N4O5/c1-4-19(30)28-16-11-8-12-17(13-16)29-22(25(32)34-3)21(24(31)33-2)20(18(14-26)23(29)27)15-9-6-5-7-10-15/h5-13,20H,4,27H2,1-3H3,(H,28,30). The minimum Gasteiger partial charge on any atom is -0.466 e. The zero-order valence-corrected chi connectivity index (χ0v) is 19.0. The van der Waals surface area contributed by atoms with E-state index in [4.69, 9.17) is 15.2 Å². The van der Waals surface area contributed by atoms with Crippen LogP contribution in [0.15, 0.2) is 77.3 Å². The largest absolute Gasteiger partial charge is 0.466 e. The summed E-state index contributed by atoms with van der Waals surface area (Å²) in [6, 6.07) is 17.4. The molecule has 0 aromatic heterocycles. The molecule has 1 heterocycles.